The number of carbonyl (C=O) groups excluding carboxylic acids is 2. The molecule has 1 heterocycles. The lowest BCUT2D eigenvalue weighted by Crippen LogP contribution is -2.57. The maximum Gasteiger partial charge on any atom is 0.257 e. The standard InChI is InChI=1S/C21H30N2O4/c1-4-15(2)22-19(24)18-14-27-21(11-6-5-7-12-21)23(18)20(25)16-9-8-10-17(13-16)26-3/h8-10,13,15,18H,4-7,11-12,14H2,1-3H3,(H,22,24)/t15-,18+/m0/s1. The fraction of sp³-hybridized carbons (Fsp3) is 0.619. The van der Waals surface area contributed by atoms with E-state index >= 15 is 0 Å². The van der Waals surface area contributed by atoms with Gasteiger partial charge in [0.15, 0.2) is 0 Å². The smallest absolute Gasteiger partial charge is 0.257 e. The van der Waals surface area contributed by atoms with E-state index in [1.807, 2.05) is 13.8 Å². The van der Waals surface area contributed by atoms with Crippen molar-refractivity contribution in [3.05, 3.63) is 29.8 Å². The van der Waals surface area contributed by atoms with E-state index < -0.39 is 11.8 Å². The lowest BCUT2D eigenvalue weighted by molar-refractivity contribution is -0.127. The van der Waals surface area contributed by atoms with Gasteiger partial charge in [-0.15, -0.1) is 0 Å². The first-order valence-electron chi connectivity index (χ1n) is 9.93. The second-order valence-electron chi connectivity index (χ2n) is 7.56. The molecule has 6 nitrogen and oxygen atoms in total. The summed E-state index contributed by atoms with van der Waals surface area (Å²) >= 11 is 0. The van der Waals surface area contributed by atoms with Gasteiger partial charge in [0, 0.05) is 11.6 Å². The molecule has 0 bridgehead atoms. The predicted octanol–water partition coefficient (Wildman–Crippen LogP) is 3.11. The fourth-order valence-corrected chi connectivity index (χ4v) is 4.01. The highest BCUT2D eigenvalue weighted by atomic mass is 16.5. The Morgan fingerprint density at radius 3 is 2.74 bits per heavy atom. The quantitative estimate of drug-likeness (QED) is 0.860. The average molecular weight is 374 g/mol. The van der Waals surface area contributed by atoms with Crippen molar-refractivity contribution in [3.63, 3.8) is 0 Å². The third-order valence-electron chi connectivity index (χ3n) is 5.73. The molecule has 2 amide bonds. The van der Waals surface area contributed by atoms with Gasteiger partial charge in [0.2, 0.25) is 5.91 Å². The highest BCUT2D eigenvalue weighted by molar-refractivity contribution is 5.98. The van der Waals surface area contributed by atoms with Crippen LogP contribution in [0.25, 0.3) is 0 Å². The van der Waals surface area contributed by atoms with E-state index in [0.717, 1.165) is 38.5 Å². The van der Waals surface area contributed by atoms with E-state index in [-0.39, 0.29) is 24.5 Å². The molecule has 0 radical (unpaired) electrons. The third-order valence-corrected chi connectivity index (χ3v) is 5.73. The summed E-state index contributed by atoms with van der Waals surface area (Å²) in [4.78, 5) is 28.1. The summed E-state index contributed by atoms with van der Waals surface area (Å²) in [6, 6.07) is 6.56. The summed E-state index contributed by atoms with van der Waals surface area (Å²) in [6.45, 7) is 4.24. The summed E-state index contributed by atoms with van der Waals surface area (Å²) in [5.74, 6) is 0.319. The molecule has 2 fully saturated rings. The Morgan fingerprint density at radius 1 is 1.33 bits per heavy atom. The normalized spacial score (nSPS) is 22.5. The van der Waals surface area contributed by atoms with Gasteiger partial charge in [-0.25, -0.2) is 0 Å². The molecule has 1 aromatic carbocycles. The molecule has 0 aromatic heterocycles. The Morgan fingerprint density at radius 2 is 2.07 bits per heavy atom. The number of methoxy groups -OCH3 is 1. The number of hydrogen-bond acceptors (Lipinski definition) is 4. The van der Waals surface area contributed by atoms with E-state index in [2.05, 4.69) is 5.32 Å². The van der Waals surface area contributed by atoms with Crippen molar-refractivity contribution in [2.75, 3.05) is 13.7 Å². The van der Waals surface area contributed by atoms with Gasteiger partial charge in [-0.05, 0) is 57.2 Å². The Balaban J connectivity index is 1.92. The van der Waals surface area contributed by atoms with Crippen LogP contribution in [0.1, 0.15) is 62.7 Å². The SMILES string of the molecule is CC[C@H](C)NC(=O)[C@H]1COC2(CCCCC2)N1C(=O)c1cccc(OC)c1. The molecule has 0 unspecified atom stereocenters. The molecule has 3 rings (SSSR count). The molecular formula is C21H30N2O4. The van der Waals surface area contributed by atoms with Crippen LogP contribution in [0.5, 0.6) is 5.75 Å². The van der Waals surface area contributed by atoms with Crippen LogP contribution in [-0.2, 0) is 9.53 Å². The van der Waals surface area contributed by atoms with Crippen LogP contribution in [0.3, 0.4) is 0 Å². The fourth-order valence-electron chi connectivity index (χ4n) is 4.01. The molecule has 1 saturated carbocycles. The van der Waals surface area contributed by atoms with Crippen molar-refractivity contribution >= 4 is 11.8 Å². The molecule has 2 atom stereocenters. The van der Waals surface area contributed by atoms with Crippen LogP contribution in [0, 0.1) is 0 Å². The molecule has 148 valence electrons. The van der Waals surface area contributed by atoms with Crippen molar-refractivity contribution in [2.45, 2.75) is 70.2 Å². The number of nitrogens with zero attached hydrogens (tertiary/aromatic N) is 1. The molecule has 1 saturated heterocycles. The molecule has 1 aliphatic carbocycles. The lowest BCUT2D eigenvalue weighted by atomic mass is 9.89. The van der Waals surface area contributed by atoms with Gasteiger partial charge in [0.1, 0.15) is 17.5 Å². The van der Waals surface area contributed by atoms with E-state index in [1.165, 1.54) is 0 Å². The summed E-state index contributed by atoms with van der Waals surface area (Å²) in [5, 5.41) is 3.01. The van der Waals surface area contributed by atoms with Gasteiger partial charge in [0.25, 0.3) is 5.91 Å². The first-order valence-corrected chi connectivity index (χ1v) is 9.93. The summed E-state index contributed by atoms with van der Waals surface area (Å²) < 4.78 is 11.4. The molecular weight excluding hydrogens is 344 g/mol. The minimum absolute atomic E-state index is 0.0641. The Bertz CT molecular complexity index is 685. The molecule has 1 N–H and O–H groups in total. The van der Waals surface area contributed by atoms with Crippen molar-refractivity contribution in [2.24, 2.45) is 0 Å². The number of benzene rings is 1. The zero-order chi connectivity index (χ0) is 19.4. The van der Waals surface area contributed by atoms with E-state index in [0.29, 0.717) is 11.3 Å². The number of ether oxygens (including phenoxy) is 2. The highest BCUT2D eigenvalue weighted by Crippen LogP contribution is 2.41. The average Bonchev–Trinajstić information content (AvgIpc) is 3.06. The zero-order valence-corrected chi connectivity index (χ0v) is 16.5. The highest BCUT2D eigenvalue weighted by Gasteiger charge is 2.53. The number of rotatable bonds is 5. The molecule has 1 spiro atoms. The first-order chi connectivity index (χ1) is 13.0. The van der Waals surface area contributed by atoms with Gasteiger partial charge in [0.05, 0.1) is 13.7 Å². The van der Waals surface area contributed by atoms with Crippen LogP contribution in [0.2, 0.25) is 0 Å². The minimum Gasteiger partial charge on any atom is -0.497 e. The monoisotopic (exact) mass is 374 g/mol. The lowest BCUT2D eigenvalue weighted by Gasteiger charge is -2.41. The molecule has 1 aliphatic heterocycles. The molecule has 1 aromatic rings. The van der Waals surface area contributed by atoms with Gasteiger partial charge >= 0.3 is 0 Å². The molecule has 6 heteroatoms. The third kappa shape index (κ3) is 3.95. The van der Waals surface area contributed by atoms with Crippen molar-refractivity contribution in [1.82, 2.24) is 10.2 Å². The largest absolute Gasteiger partial charge is 0.497 e. The summed E-state index contributed by atoms with van der Waals surface area (Å²) in [6.07, 6.45) is 5.53. The minimum atomic E-state index is -0.671. The van der Waals surface area contributed by atoms with Crippen LogP contribution < -0.4 is 10.1 Å². The van der Waals surface area contributed by atoms with Crippen molar-refractivity contribution in [1.29, 1.82) is 0 Å². The van der Waals surface area contributed by atoms with Crippen LogP contribution in [-0.4, -0.2) is 48.2 Å². The number of amides is 2. The second kappa shape index (κ2) is 8.30. The Kier molecular flexibility index (Phi) is 6.05. The molecule has 2 aliphatic rings. The van der Waals surface area contributed by atoms with E-state index in [4.69, 9.17) is 9.47 Å². The molecule has 27 heavy (non-hydrogen) atoms. The second-order valence-corrected chi connectivity index (χ2v) is 7.56. The maximum absolute atomic E-state index is 13.5. The van der Waals surface area contributed by atoms with Crippen LogP contribution in [0.4, 0.5) is 0 Å². The maximum atomic E-state index is 13.5. The first kappa shape index (κ1) is 19.7. The van der Waals surface area contributed by atoms with E-state index in [1.54, 1.807) is 36.3 Å². The summed E-state index contributed by atoms with van der Waals surface area (Å²) in [7, 11) is 1.58. The number of nitrogens with one attached hydrogen (secondary N) is 1. The van der Waals surface area contributed by atoms with Gasteiger partial charge in [-0.1, -0.05) is 19.4 Å². The zero-order valence-electron chi connectivity index (χ0n) is 16.5. The predicted molar refractivity (Wildman–Crippen MR) is 103 cm³/mol. The van der Waals surface area contributed by atoms with Crippen LogP contribution >= 0.6 is 0 Å². The number of hydrogen-bond donors (Lipinski definition) is 1. The topological polar surface area (TPSA) is 67.9 Å². The van der Waals surface area contributed by atoms with Gasteiger partial charge < -0.3 is 14.8 Å². The van der Waals surface area contributed by atoms with Crippen molar-refractivity contribution < 1.29 is 19.1 Å². The summed E-state index contributed by atoms with van der Waals surface area (Å²) in [5.41, 5.74) is -0.151. The Hall–Kier alpha value is -2.08. The van der Waals surface area contributed by atoms with Gasteiger partial charge in [-0.2, -0.15) is 0 Å². The van der Waals surface area contributed by atoms with Crippen molar-refractivity contribution in [3.8, 4) is 5.75 Å². The van der Waals surface area contributed by atoms with Gasteiger partial charge in [-0.3, -0.25) is 14.5 Å². The Labute approximate surface area is 161 Å². The van der Waals surface area contributed by atoms with E-state index in [9.17, 15) is 9.59 Å². The number of carbonyl (C=O) groups is 2. The van der Waals surface area contributed by atoms with Crippen LogP contribution in [0.15, 0.2) is 24.3 Å².